The van der Waals surface area contributed by atoms with Gasteiger partial charge in [0.2, 0.25) is 5.13 Å². The first-order chi connectivity index (χ1) is 12.7. The van der Waals surface area contributed by atoms with Crippen LogP contribution in [-0.4, -0.2) is 42.3 Å². The van der Waals surface area contributed by atoms with E-state index in [2.05, 4.69) is 14.7 Å². The second-order valence-electron chi connectivity index (χ2n) is 6.34. The van der Waals surface area contributed by atoms with Crippen LogP contribution in [0.4, 0.5) is 13.9 Å². The Morgan fingerprint density at radius 3 is 2.37 bits per heavy atom. The van der Waals surface area contributed by atoms with E-state index in [0.29, 0.717) is 5.56 Å². The average Bonchev–Trinajstić information content (AvgIpc) is 3.22. The lowest BCUT2D eigenvalue weighted by Crippen LogP contribution is -2.14. The maximum absolute atomic E-state index is 13.5. The number of carbonyl (C=O) groups is 1. The van der Waals surface area contributed by atoms with Gasteiger partial charge in [0.1, 0.15) is 18.7 Å². The summed E-state index contributed by atoms with van der Waals surface area (Å²) in [6.45, 7) is 0. The van der Waals surface area contributed by atoms with Crippen molar-refractivity contribution in [3.8, 4) is 0 Å². The topological polar surface area (TPSA) is 89.0 Å². The Balaban J connectivity index is 1.93. The molecule has 1 fully saturated rings. The van der Waals surface area contributed by atoms with E-state index in [1.165, 1.54) is 36.7 Å². The molecule has 1 aliphatic rings. The average molecular weight is 413 g/mol. The number of amides is 1. The van der Waals surface area contributed by atoms with Crippen LogP contribution in [0, 0.1) is 5.92 Å². The first-order valence-electron chi connectivity index (χ1n) is 8.12. The molecule has 0 radical (unpaired) electrons. The third kappa shape index (κ3) is 4.75. The number of hydrogen-bond donors (Lipinski definition) is 1. The molecule has 0 saturated heterocycles. The number of benzene rings is 1. The van der Waals surface area contributed by atoms with Crippen molar-refractivity contribution in [3.63, 3.8) is 0 Å². The van der Waals surface area contributed by atoms with Crippen molar-refractivity contribution in [3.05, 3.63) is 42.2 Å². The molecule has 2 aromatic rings. The van der Waals surface area contributed by atoms with Crippen molar-refractivity contribution < 1.29 is 22.0 Å². The summed E-state index contributed by atoms with van der Waals surface area (Å²) in [7, 11) is -3.38. The Kier molecular flexibility index (Phi) is 5.66. The van der Waals surface area contributed by atoms with Gasteiger partial charge in [0.05, 0.1) is 4.90 Å². The van der Waals surface area contributed by atoms with Crippen LogP contribution in [0.3, 0.4) is 0 Å². The van der Waals surface area contributed by atoms with Crippen LogP contribution in [0.1, 0.15) is 18.4 Å². The Morgan fingerprint density at radius 2 is 1.85 bits per heavy atom. The molecule has 1 aliphatic carbocycles. The van der Waals surface area contributed by atoms with Crippen LogP contribution in [-0.2, 0) is 14.6 Å². The number of hydrogen-bond acceptors (Lipinski definition) is 6. The van der Waals surface area contributed by atoms with Gasteiger partial charge in [-0.25, -0.2) is 22.2 Å². The van der Waals surface area contributed by atoms with Crippen LogP contribution in [0.5, 0.6) is 0 Å². The number of aromatic nitrogens is 2. The van der Waals surface area contributed by atoms with Crippen LogP contribution in [0.15, 0.2) is 41.6 Å². The van der Waals surface area contributed by atoms with E-state index in [1.807, 2.05) is 0 Å². The third-order valence-electron chi connectivity index (χ3n) is 4.27. The van der Waals surface area contributed by atoms with Gasteiger partial charge in [-0.2, -0.15) is 4.37 Å². The van der Waals surface area contributed by atoms with Crippen LogP contribution in [0.25, 0.3) is 5.57 Å². The molecule has 1 N–H and O–H groups in total. The van der Waals surface area contributed by atoms with Crippen molar-refractivity contribution in [2.45, 2.75) is 30.1 Å². The van der Waals surface area contributed by atoms with Gasteiger partial charge in [0.15, 0.2) is 9.84 Å². The SMILES string of the molecule is CS(=O)(=O)c1ccc(/C(=C\C2C[C@@H](F)[C@@H](F)C2)C(=O)Nc2ncns2)cc1. The van der Waals surface area contributed by atoms with E-state index in [4.69, 9.17) is 0 Å². The summed E-state index contributed by atoms with van der Waals surface area (Å²) in [5.41, 5.74) is 0.652. The van der Waals surface area contributed by atoms with Gasteiger partial charge in [0, 0.05) is 23.4 Å². The fourth-order valence-electron chi connectivity index (χ4n) is 2.92. The van der Waals surface area contributed by atoms with Gasteiger partial charge in [0.25, 0.3) is 5.91 Å². The van der Waals surface area contributed by atoms with E-state index in [9.17, 15) is 22.0 Å². The number of rotatable bonds is 5. The molecule has 1 heterocycles. The quantitative estimate of drug-likeness (QED) is 0.761. The fraction of sp³-hybridized carbons (Fsp3) is 0.353. The number of nitrogens with zero attached hydrogens (tertiary/aromatic N) is 2. The van der Waals surface area contributed by atoms with Crippen molar-refractivity contribution in [1.82, 2.24) is 9.36 Å². The van der Waals surface area contributed by atoms with Crippen LogP contribution >= 0.6 is 11.5 Å². The van der Waals surface area contributed by atoms with Gasteiger partial charge in [-0.1, -0.05) is 18.2 Å². The lowest BCUT2D eigenvalue weighted by molar-refractivity contribution is -0.111. The van der Waals surface area contributed by atoms with Crippen molar-refractivity contribution in [1.29, 1.82) is 0 Å². The lowest BCUT2D eigenvalue weighted by Gasteiger charge is -2.11. The van der Waals surface area contributed by atoms with Crippen molar-refractivity contribution >= 4 is 38.0 Å². The molecule has 0 bridgehead atoms. The maximum atomic E-state index is 13.5. The summed E-state index contributed by atoms with van der Waals surface area (Å²) in [5.74, 6) is -0.934. The van der Waals surface area contributed by atoms with Gasteiger partial charge in [-0.05, 0) is 36.5 Å². The second-order valence-corrected chi connectivity index (χ2v) is 9.14. The number of anilines is 1. The number of allylic oxidation sites excluding steroid dienone is 1. The van der Waals surface area contributed by atoms with E-state index in [-0.39, 0.29) is 28.4 Å². The molecule has 1 aromatic heterocycles. The second kappa shape index (κ2) is 7.81. The van der Waals surface area contributed by atoms with Crippen LogP contribution in [0.2, 0.25) is 0 Å². The summed E-state index contributed by atoms with van der Waals surface area (Å²) in [6, 6.07) is 5.77. The Hall–Kier alpha value is -2.20. The highest BCUT2D eigenvalue weighted by Crippen LogP contribution is 2.34. The summed E-state index contributed by atoms with van der Waals surface area (Å²) in [5, 5.41) is 2.88. The van der Waals surface area contributed by atoms with Gasteiger partial charge < -0.3 is 0 Å². The van der Waals surface area contributed by atoms with Crippen LogP contribution < -0.4 is 5.32 Å². The monoisotopic (exact) mass is 413 g/mol. The molecule has 27 heavy (non-hydrogen) atoms. The molecule has 144 valence electrons. The standard InChI is InChI=1S/C17H17F2N3O3S2/c1-27(24,25)12-4-2-11(3-5-12)13(6-10-7-14(18)15(19)8-10)16(23)22-17-20-9-21-26-17/h2-6,9-10,14-15H,7-8H2,1H3,(H,20,21,22,23)/b13-6+/t10?,14-,15+. The molecule has 1 aromatic carbocycles. The first-order valence-corrected chi connectivity index (χ1v) is 10.8. The maximum Gasteiger partial charge on any atom is 0.257 e. The summed E-state index contributed by atoms with van der Waals surface area (Å²) in [4.78, 5) is 16.7. The van der Waals surface area contributed by atoms with Gasteiger partial charge in [-0.3, -0.25) is 10.1 Å². The van der Waals surface area contributed by atoms with E-state index in [1.54, 1.807) is 0 Å². The highest BCUT2D eigenvalue weighted by atomic mass is 32.2. The highest BCUT2D eigenvalue weighted by Gasteiger charge is 2.34. The molecule has 10 heteroatoms. The smallest absolute Gasteiger partial charge is 0.257 e. The molecule has 3 atom stereocenters. The molecule has 0 aliphatic heterocycles. The predicted molar refractivity (Wildman–Crippen MR) is 98.6 cm³/mol. The van der Waals surface area contributed by atoms with Crippen molar-refractivity contribution in [2.75, 3.05) is 11.6 Å². The third-order valence-corrected chi connectivity index (χ3v) is 5.98. The molecule has 6 nitrogen and oxygen atoms in total. The minimum atomic E-state index is -3.38. The summed E-state index contributed by atoms with van der Waals surface area (Å²) in [6.07, 6.45) is 0.817. The fourth-order valence-corrected chi connectivity index (χ4v) is 3.98. The number of halogens is 2. The highest BCUT2D eigenvalue weighted by molar-refractivity contribution is 7.90. The zero-order valence-electron chi connectivity index (χ0n) is 14.3. The summed E-state index contributed by atoms with van der Waals surface area (Å²) >= 11 is 0.994. The van der Waals surface area contributed by atoms with Gasteiger partial charge in [-0.15, -0.1) is 0 Å². The largest absolute Gasteiger partial charge is 0.297 e. The first kappa shape index (κ1) is 19.6. The Morgan fingerprint density at radius 1 is 1.22 bits per heavy atom. The minimum Gasteiger partial charge on any atom is -0.297 e. The predicted octanol–water partition coefficient (Wildman–Crippen LogP) is 3.05. The Bertz CT molecular complexity index is 934. The number of nitrogens with one attached hydrogen (secondary N) is 1. The Labute approximate surface area is 159 Å². The van der Waals surface area contributed by atoms with E-state index in [0.717, 1.165) is 17.8 Å². The molecule has 1 unspecified atom stereocenters. The molecular weight excluding hydrogens is 396 g/mol. The number of alkyl halides is 2. The zero-order valence-corrected chi connectivity index (χ0v) is 15.9. The van der Waals surface area contributed by atoms with E-state index >= 15 is 0 Å². The summed E-state index contributed by atoms with van der Waals surface area (Å²) < 4.78 is 54.1. The molecule has 0 spiro atoms. The normalized spacial score (nSPS) is 23.4. The molecule has 1 amide bonds. The number of carbonyl (C=O) groups excluding carboxylic acids is 1. The van der Waals surface area contributed by atoms with E-state index < -0.39 is 34.0 Å². The molecule has 3 rings (SSSR count). The minimum absolute atomic E-state index is 0.00181. The molecule has 1 saturated carbocycles. The van der Waals surface area contributed by atoms with Crippen molar-refractivity contribution in [2.24, 2.45) is 5.92 Å². The number of sulfone groups is 1. The lowest BCUT2D eigenvalue weighted by atomic mass is 9.98. The van der Waals surface area contributed by atoms with Gasteiger partial charge >= 0.3 is 0 Å². The molecular formula is C17H17F2N3O3S2. The zero-order chi connectivity index (χ0) is 19.6.